The van der Waals surface area contributed by atoms with Crippen LogP contribution < -0.4 is 14.8 Å². The van der Waals surface area contributed by atoms with Crippen molar-refractivity contribution < 1.29 is 27.8 Å². The lowest BCUT2D eigenvalue weighted by molar-refractivity contribution is -0.129. The largest absolute Gasteiger partial charge is 0.494 e. The number of ether oxygens (including phenoxy) is 2. The molecule has 10 nitrogen and oxygen atoms in total. The van der Waals surface area contributed by atoms with Crippen LogP contribution in [0.5, 0.6) is 11.5 Å². The Bertz CT molecular complexity index is 1530. The summed E-state index contributed by atoms with van der Waals surface area (Å²) in [5, 5.41) is 2.72. The van der Waals surface area contributed by atoms with Crippen molar-refractivity contribution in [1.82, 2.24) is 24.8 Å². The number of halogens is 2. The lowest BCUT2D eigenvalue weighted by Crippen LogP contribution is -2.34. The van der Waals surface area contributed by atoms with Gasteiger partial charge in [0.2, 0.25) is 5.91 Å². The fourth-order valence-corrected chi connectivity index (χ4v) is 4.08. The van der Waals surface area contributed by atoms with Crippen molar-refractivity contribution in [3.05, 3.63) is 71.7 Å². The standard InChI is InChI=1S/C28H28F2N6O4/c1-35(2)22(37)15-36(3)14-16-6-9-21(33-13-16)34-28(38)18-8-7-17(26-27(18)32-11-10-31-26)23-24(29)19(39-4)12-20(40-5)25(23)30/h6-13H,14-15H2,1-5H3,(H,33,34,38). The maximum absolute atomic E-state index is 15.2. The van der Waals surface area contributed by atoms with Gasteiger partial charge in [0.25, 0.3) is 5.91 Å². The number of likely N-dealkylation sites (N-methyl/N-ethyl adjacent to an activating group) is 2. The van der Waals surface area contributed by atoms with Crippen LogP contribution >= 0.6 is 0 Å². The number of anilines is 1. The number of amides is 2. The van der Waals surface area contributed by atoms with Gasteiger partial charge in [0.15, 0.2) is 23.1 Å². The first-order valence-corrected chi connectivity index (χ1v) is 12.1. The van der Waals surface area contributed by atoms with Gasteiger partial charge in [0.1, 0.15) is 11.3 Å². The van der Waals surface area contributed by atoms with Gasteiger partial charge in [-0.05, 0) is 24.7 Å². The van der Waals surface area contributed by atoms with E-state index in [9.17, 15) is 9.59 Å². The van der Waals surface area contributed by atoms with Gasteiger partial charge in [-0.15, -0.1) is 0 Å². The van der Waals surface area contributed by atoms with E-state index in [0.717, 1.165) is 11.6 Å². The summed E-state index contributed by atoms with van der Waals surface area (Å²) in [5.41, 5.74) is 0.902. The van der Waals surface area contributed by atoms with Crippen LogP contribution in [0.4, 0.5) is 14.6 Å². The quantitative estimate of drug-likeness (QED) is 0.336. The zero-order valence-corrected chi connectivity index (χ0v) is 22.7. The van der Waals surface area contributed by atoms with Crippen molar-refractivity contribution in [2.45, 2.75) is 6.54 Å². The molecule has 12 heteroatoms. The predicted octanol–water partition coefficient (Wildman–Crippen LogP) is 3.76. The lowest BCUT2D eigenvalue weighted by atomic mass is 9.98. The van der Waals surface area contributed by atoms with Crippen molar-refractivity contribution >= 4 is 28.7 Å². The van der Waals surface area contributed by atoms with E-state index in [1.54, 1.807) is 32.4 Å². The van der Waals surface area contributed by atoms with E-state index in [0.29, 0.717) is 6.54 Å². The summed E-state index contributed by atoms with van der Waals surface area (Å²) in [4.78, 5) is 41.3. The number of methoxy groups -OCH3 is 2. The monoisotopic (exact) mass is 550 g/mol. The van der Waals surface area contributed by atoms with Crippen LogP contribution in [0.1, 0.15) is 15.9 Å². The molecule has 0 fully saturated rings. The molecule has 0 saturated heterocycles. The SMILES string of the molecule is COc1cc(OC)c(F)c(-c2ccc(C(=O)Nc3ccc(CN(C)CC(=O)N(C)C)cn3)c3nccnc23)c1F. The second kappa shape index (κ2) is 12.0. The Morgan fingerprint density at radius 2 is 1.55 bits per heavy atom. The summed E-state index contributed by atoms with van der Waals surface area (Å²) in [6, 6.07) is 7.36. The molecule has 1 N–H and O–H groups in total. The molecular weight excluding hydrogens is 522 g/mol. The Labute approximate surface area is 229 Å². The number of benzene rings is 2. The van der Waals surface area contributed by atoms with Crippen molar-refractivity contribution in [1.29, 1.82) is 0 Å². The fraction of sp³-hybridized carbons (Fsp3) is 0.250. The average molecular weight is 551 g/mol. The van der Waals surface area contributed by atoms with E-state index in [1.165, 1.54) is 43.6 Å². The van der Waals surface area contributed by atoms with E-state index in [4.69, 9.17) is 9.47 Å². The minimum Gasteiger partial charge on any atom is -0.494 e. The Balaban J connectivity index is 1.61. The third-order valence-corrected chi connectivity index (χ3v) is 6.14. The summed E-state index contributed by atoms with van der Waals surface area (Å²) in [6.45, 7) is 0.747. The minimum absolute atomic E-state index is 0.0169. The van der Waals surface area contributed by atoms with Gasteiger partial charge in [-0.3, -0.25) is 24.5 Å². The van der Waals surface area contributed by atoms with Crippen LogP contribution in [-0.2, 0) is 11.3 Å². The summed E-state index contributed by atoms with van der Waals surface area (Å²) in [7, 11) is 7.74. The number of rotatable bonds is 9. The van der Waals surface area contributed by atoms with Crippen molar-refractivity contribution in [3.63, 3.8) is 0 Å². The first-order valence-electron chi connectivity index (χ1n) is 12.1. The predicted molar refractivity (Wildman–Crippen MR) is 145 cm³/mol. The molecule has 0 spiro atoms. The molecule has 0 saturated carbocycles. The topological polar surface area (TPSA) is 110 Å². The average Bonchev–Trinajstić information content (AvgIpc) is 2.94. The van der Waals surface area contributed by atoms with Gasteiger partial charge in [-0.2, -0.15) is 0 Å². The van der Waals surface area contributed by atoms with Crippen molar-refractivity contribution in [3.8, 4) is 22.6 Å². The summed E-state index contributed by atoms with van der Waals surface area (Å²) < 4.78 is 40.6. The molecule has 2 aromatic carbocycles. The lowest BCUT2D eigenvalue weighted by Gasteiger charge is -2.18. The highest BCUT2D eigenvalue weighted by Gasteiger charge is 2.25. The second-order valence-electron chi connectivity index (χ2n) is 9.16. The highest BCUT2D eigenvalue weighted by atomic mass is 19.1. The first-order chi connectivity index (χ1) is 19.1. The molecule has 0 aliphatic carbocycles. The number of hydrogen-bond acceptors (Lipinski definition) is 8. The molecule has 2 heterocycles. The molecule has 0 atom stereocenters. The zero-order valence-electron chi connectivity index (χ0n) is 22.7. The van der Waals surface area contributed by atoms with Crippen molar-refractivity contribution in [2.24, 2.45) is 0 Å². The van der Waals surface area contributed by atoms with E-state index >= 15 is 8.78 Å². The molecule has 4 rings (SSSR count). The van der Waals surface area contributed by atoms with E-state index in [1.807, 2.05) is 11.9 Å². The van der Waals surface area contributed by atoms with Gasteiger partial charge in [-0.1, -0.05) is 12.1 Å². The van der Waals surface area contributed by atoms with Gasteiger partial charge < -0.3 is 19.7 Å². The third-order valence-electron chi connectivity index (χ3n) is 6.14. The molecule has 2 aromatic heterocycles. The molecule has 0 bridgehead atoms. The van der Waals surface area contributed by atoms with E-state index in [-0.39, 0.29) is 51.9 Å². The molecule has 0 aliphatic heterocycles. The highest BCUT2D eigenvalue weighted by molar-refractivity contribution is 6.13. The maximum Gasteiger partial charge on any atom is 0.259 e. The smallest absolute Gasteiger partial charge is 0.259 e. The number of carbonyl (C=O) groups is 2. The Morgan fingerprint density at radius 1 is 0.900 bits per heavy atom. The van der Waals surface area contributed by atoms with Gasteiger partial charge in [0, 0.05) is 50.9 Å². The van der Waals surface area contributed by atoms with Crippen LogP contribution in [0.2, 0.25) is 0 Å². The highest BCUT2D eigenvalue weighted by Crippen LogP contribution is 2.40. The first kappa shape index (κ1) is 28.3. The fourth-order valence-electron chi connectivity index (χ4n) is 4.08. The number of carbonyl (C=O) groups excluding carboxylic acids is 2. The molecule has 4 aromatic rings. The number of hydrogen-bond donors (Lipinski definition) is 1. The van der Waals surface area contributed by atoms with Gasteiger partial charge in [-0.25, -0.2) is 13.8 Å². The number of fused-ring (bicyclic) bond motifs is 1. The molecule has 0 radical (unpaired) electrons. The van der Waals surface area contributed by atoms with Crippen LogP contribution in [0, 0.1) is 11.6 Å². The number of nitrogens with one attached hydrogen (secondary N) is 1. The molecule has 2 amide bonds. The third kappa shape index (κ3) is 5.81. The number of pyridine rings is 1. The van der Waals surface area contributed by atoms with Crippen molar-refractivity contribution in [2.75, 3.05) is 47.2 Å². The number of aromatic nitrogens is 3. The summed E-state index contributed by atoms with van der Waals surface area (Å²) in [6.07, 6.45) is 4.35. The summed E-state index contributed by atoms with van der Waals surface area (Å²) >= 11 is 0. The number of nitrogens with zero attached hydrogens (tertiary/aromatic N) is 5. The normalized spacial score (nSPS) is 11.0. The Kier molecular flexibility index (Phi) is 8.49. The molecule has 208 valence electrons. The van der Waals surface area contributed by atoms with Gasteiger partial charge in [0.05, 0.1) is 37.4 Å². The van der Waals surface area contributed by atoms with E-state index in [2.05, 4.69) is 20.3 Å². The van der Waals surface area contributed by atoms with Gasteiger partial charge >= 0.3 is 0 Å². The van der Waals surface area contributed by atoms with E-state index < -0.39 is 23.1 Å². The molecule has 0 aliphatic rings. The molecule has 0 unspecified atom stereocenters. The second-order valence-corrected chi connectivity index (χ2v) is 9.16. The molecular formula is C28H28F2N6O4. The summed E-state index contributed by atoms with van der Waals surface area (Å²) in [5.74, 6) is -2.56. The minimum atomic E-state index is -0.939. The molecule has 40 heavy (non-hydrogen) atoms. The van der Waals surface area contributed by atoms with Crippen LogP contribution in [0.3, 0.4) is 0 Å². The maximum atomic E-state index is 15.2. The Morgan fingerprint density at radius 3 is 2.12 bits per heavy atom. The van der Waals surface area contributed by atoms with Crippen LogP contribution in [0.15, 0.2) is 48.9 Å². The van der Waals surface area contributed by atoms with Crippen LogP contribution in [0.25, 0.3) is 22.2 Å². The van der Waals surface area contributed by atoms with Crippen LogP contribution in [-0.4, -0.2) is 78.5 Å². The Hall–Kier alpha value is -4.71. The zero-order chi connectivity index (χ0) is 29.0.